The Morgan fingerprint density at radius 3 is 2.71 bits per heavy atom. The van der Waals surface area contributed by atoms with Gasteiger partial charge in [0.15, 0.2) is 10.8 Å². The van der Waals surface area contributed by atoms with Crippen LogP contribution in [0.15, 0.2) is 29.6 Å². The molecule has 0 aliphatic rings. The quantitative estimate of drug-likeness (QED) is 0.447. The summed E-state index contributed by atoms with van der Waals surface area (Å²) in [5.41, 5.74) is 3.74. The van der Waals surface area contributed by atoms with Gasteiger partial charge in [-0.25, -0.2) is 14.6 Å². The second-order valence-electron chi connectivity index (χ2n) is 6.65. The molecule has 3 rings (SSSR count). The third-order valence-electron chi connectivity index (χ3n) is 4.58. The van der Waals surface area contributed by atoms with Crippen LogP contribution in [-0.2, 0) is 6.54 Å². The fourth-order valence-corrected chi connectivity index (χ4v) is 3.19. The molecule has 1 amide bonds. The Balaban J connectivity index is 1.71. The number of benzene rings is 1. The van der Waals surface area contributed by atoms with E-state index in [4.69, 9.17) is 0 Å². The van der Waals surface area contributed by atoms with Gasteiger partial charge in [0.25, 0.3) is 5.91 Å². The topological polar surface area (TPSA) is 84.7 Å². The summed E-state index contributed by atoms with van der Waals surface area (Å²) >= 11 is 1.50. The van der Waals surface area contributed by atoms with Crippen molar-refractivity contribution in [3.05, 3.63) is 41.1 Å². The zero-order valence-corrected chi connectivity index (χ0v) is 17.6. The van der Waals surface area contributed by atoms with Gasteiger partial charge in [-0.05, 0) is 49.8 Å². The predicted molar refractivity (Wildman–Crippen MR) is 114 cm³/mol. The van der Waals surface area contributed by atoms with Gasteiger partial charge in [-0.1, -0.05) is 24.8 Å². The van der Waals surface area contributed by atoms with Crippen molar-refractivity contribution in [1.29, 1.82) is 0 Å². The molecule has 0 spiro atoms. The molecule has 2 heterocycles. The van der Waals surface area contributed by atoms with Gasteiger partial charge in [-0.15, -0.1) is 0 Å². The Kier molecular flexibility index (Phi) is 6.51. The number of carbonyl (C=O) groups excluding carboxylic acids is 1. The SMILES string of the molecule is CCCNc1nc(SC)nc2c1cnn2CCNC(=O)c1ccc(C)c(C)c1. The average molecular weight is 399 g/mol. The van der Waals surface area contributed by atoms with Gasteiger partial charge >= 0.3 is 0 Å². The molecule has 0 aliphatic carbocycles. The van der Waals surface area contributed by atoms with Gasteiger partial charge in [0.1, 0.15) is 5.82 Å². The van der Waals surface area contributed by atoms with E-state index in [0.29, 0.717) is 23.8 Å². The number of aryl methyl sites for hydroxylation is 2. The second kappa shape index (κ2) is 9.05. The van der Waals surface area contributed by atoms with Gasteiger partial charge in [-0.3, -0.25) is 4.79 Å². The maximum absolute atomic E-state index is 12.4. The van der Waals surface area contributed by atoms with Crippen molar-refractivity contribution in [3.8, 4) is 0 Å². The van der Waals surface area contributed by atoms with E-state index in [2.05, 4.69) is 32.6 Å². The predicted octanol–water partition coefficient (Wildman–Crippen LogP) is 3.42. The van der Waals surface area contributed by atoms with E-state index in [-0.39, 0.29) is 5.91 Å². The van der Waals surface area contributed by atoms with Crippen LogP contribution in [0, 0.1) is 13.8 Å². The van der Waals surface area contributed by atoms with Crippen LogP contribution >= 0.6 is 11.8 Å². The largest absolute Gasteiger partial charge is 0.369 e. The smallest absolute Gasteiger partial charge is 0.251 e. The highest BCUT2D eigenvalue weighted by Crippen LogP contribution is 2.23. The highest BCUT2D eigenvalue weighted by Gasteiger charge is 2.13. The van der Waals surface area contributed by atoms with Crippen molar-refractivity contribution in [2.75, 3.05) is 24.7 Å². The van der Waals surface area contributed by atoms with Crippen LogP contribution in [-0.4, -0.2) is 45.0 Å². The minimum atomic E-state index is -0.0794. The molecule has 7 nitrogen and oxygen atoms in total. The fourth-order valence-electron chi connectivity index (χ4n) is 2.83. The summed E-state index contributed by atoms with van der Waals surface area (Å²) < 4.78 is 1.81. The molecule has 148 valence electrons. The van der Waals surface area contributed by atoms with E-state index in [1.54, 1.807) is 6.20 Å². The van der Waals surface area contributed by atoms with Crippen LogP contribution < -0.4 is 10.6 Å². The molecule has 8 heteroatoms. The number of carbonyl (C=O) groups is 1. The van der Waals surface area contributed by atoms with Crippen molar-refractivity contribution in [2.24, 2.45) is 0 Å². The number of anilines is 1. The number of hydrogen-bond acceptors (Lipinski definition) is 6. The summed E-state index contributed by atoms with van der Waals surface area (Å²) in [7, 11) is 0. The van der Waals surface area contributed by atoms with E-state index in [1.165, 1.54) is 17.3 Å². The average Bonchev–Trinajstić information content (AvgIpc) is 3.11. The van der Waals surface area contributed by atoms with Crippen molar-refractivity contribution in [2.45, 2.75) is 38.9 Å². The second-order valence-corrected chi connectivity index (χ2v) is 7.42. The number of hydrogen-bond donors (Lipinski definition) is 2. The molecule has 0 unspecified atom stereocenters. The van der Waals surface area contributed by atoms with Crippen LogP contribution in [0.2, 0.25) is 0 Å². The molecule has 1 aromatic carbocycles. The van der Waals surface area contributed by atoms with Crippen LogP contribution in [0.25, 0.3) is 11.0 Å². The van der Waals surface area contributed by atoms with Gasteiger partial charge in [0, 0.05) is 18.7 Å². The lowest BCUT2D eigenvalue weighted by molar-refractivity contribution is 0.0952. The first-order valence-electron chi connectivity index (χ1n) is 9.40. The summed E-state index contributed by atoms with van der Waals surface area (Å²) in [6.45, 7) is 8.01. The maximum Gasteiger partial charge on any atom is 0.251 e. The highest BCUT2D eigenvalue weighted by atomic mass is 32.2. The minimum absolute atomic E-state index is 0.0794. The maximum atomic E-state index is 12.4. The molecule has 0 aliphatic heterocycles. The molecule has 0 atom stereocenters. The van der Waals surface area contributed by atoms with Crippen LogP contribution in [0.5, 0.6) is 0 Å². The van der Waals surface area contributed by atoms with Gasteiger partial charge < -0.3 is 10.6 Å². The molecule has 3 aromatic rings. The van der Waals surface area contributed by atoms with Crippen molar-refractivity contribution < 1.29 is 4.79 Å². The van der Waals surface area contributed by atoms with Crippen LogP contribution in [0.3, 0.4) is 0 Å². The number of thioether (sulfide) groups is 1. The third kappa shape index (κ3) is 4.44. The monoisotopic (exact) mass is 398 g/mol. The standard InChI is InChI=1S/C20H26N6OS/c1-5-8-21-17-16-12-23-26(18(16)25-20(24-17)28-4)10-9-22-19(27)15-7-6-13(2)14(3)11-15/h6-7,11-12H,5,8-10H2,1-4H3,(H,22,27)(H,21,24,25). The van der Waals surface area contributed by atoms with E-state index in [9.17, 15) is 4.79 Å². The lowest BCUT2D eigenvalue weighted by Crippen LogP contribution is -2.27. The Labute approximate surface area is 169 Å². The highest BCUT2D eigenvalue weighted by molar-refractivity contribution is 7.98. The van der Waals surface area contributed by atoms with Gasteiger partial charge in [0.05, 0.1) is 18.1 Å². The summed E-state index contributed by atoms with van der Waals surface area (Å²) in [5.74, 6) is 0.728. The first kappa shape index (κ1) is 20.1. The molecule has 0 saturated heterocycles. The Morgan fingerprint density at radius 2 is 2.00 bits per heavy atom. The van der Waals surface area contributed by atoms with Gasteiger partial charge in [0.2, 0.25) is 0 Å². The van der Waals surface area contributed by atoms with E-state index < -0.39 is 0 Å². The first-order chi connectivity index (χ1) is 13.5. The number of rotatable bonds is 8. The molecule has 0 radical (unpaired) electrons. The lowest BCUT2D eigenvalue weighted by Gasteiger charge is -2.09. The summed E-state index contributed by atoms with van der Waals surface area (Å²) in [5, 5.41) is 12.4. The van der Waals surface area contributed by atoms with E-state index in [1.807, 2.05) is 43.0 Å². The Morgan fingerprint density at radius 1 is 1.18 bits per heavy atom. The number of amides is 1. The molecular formula is C20H26N6OS. The lowest BCUT2D eigenvalue weighted by atomic mass is 10.1. The van der Waals surface area contributed by atoms with E-state index >= 15 is 0 Å². The fraction of sp³-hybridized carbons (Fsp3) is 0.400. The molecule has 28 heavy (non-hydrogen) atoms. The summed E-state index contributed by atoms with van der Waals surface area (Å²) in [6, 6.07) is 5.74. The molecular weight excluding hydrogens is 372 g/mol. The number of nitrogens with one attached hydrogen (secondary N) is 2. The molecule has 0 bridgehead atoms. The first-order valence-corrected chi connectivity index (χ1v) is 10.6. The van der Waals surface area contributed by atoms with Crippen molar-refractivity contribution >= 4 is 34.5 Å². The number of fused-ring (bicyclic) bond motifs is 1. The third-order valence-corrected chi connectivity index (χ3v) is 5.13. The van der Waals surface area contributed by atoms with E-state index in [0.717, 1.165) is 35.4 Å². The van der Waals surface area contributed by atoms with Gasteiger partial charge in [-0.2, -0.15) is 5.10 Å². The zero-order chi connectivity index (χ0) is 20.1. The molecule has 2 N–H and O–H groups in total. The summed E-state index contributed by atoms with van der Waals surface area (Å²) in [4.78, 5) is 21.5. The number of aromatic nitrogens is 4. The number of nitrogens with zero attached hydrogens (tertiary/aromatic N) is 4. The molecule has 0 fully saturated rings. The van der Waals surface area contributed by atoms with Crippen LogP contribution in [0.4, 0.5) is 5.82 Å². The Hall–Kier alpha value is -2.61. The van der Waals surface area contributed by atoms with Crippen LogP contribution in [0.1, 0.15) is 34.8 Å². The Bertz CT molecular complexity index is 984. The van der Waals surface area contributed by atoms with Crippen molar-refractivity contribution in [3.63, 3.8) is 0 Å². The normalized spacial score (nSPS) is 11.0. The zero-order valence-electron chi connectivity index (χ0n) is 16.7. The van der Waals surface area contributed by atoms with Crippen molar-refractivity contribution in [1.82, 2.24) is 25.1 Å². The molecule has 0 saturated carbocycles. The minimum Gasteiger partial charge on any atom is -0.369 e. The molecule has 2 aromatic heterocycles. The summed E-state index contributed by atoms with van der Waals surface area (Å²) in [6.07, 6.45) is 4.75.